The topological polar surface area (TPSA) is 50.4 Å². The van der Waals surface area contributed by atoms with Gasteiger partial charge in [-0.2, -0.15) is 0 Å². The van der Waals surface area contributed by atoms with E-state index in [0.29, 0.717) is 22.1 Å². The van der Waals surface area contributed by atoms with Crippen molar-refractivity contribution < 1.29 is 9.52 Å². The zero-order chi connectivity index (χ0) is 14.3. The number of phenolic OH excluding ortho intramolecular Hbond substituents is 1. The lowest BCUT2D eigenvalue weighted by Gasteiger charge is -2.05. The SMILES string of the molecule is Cc1ccc(-c2coc3cc(O)c(C)cc3c2=O)cc1. The van der Waals surface area contributed by atoms with Gasteiger partial charge in [0.15, 0.2) is 0 Å². The summed E-state index contributed by atoms with van der Waals surface area (Å²) in [7, 11) is 0. The third kappa shape index (κ3) is 1.97. The molecule has 1 heterocycles. The largest absolute Gasteiger partial charge is 0.508 e. The van der Waals surface area contributed by atoms with E-state index in [2.05, 4.69) is 0 Å². The average molecular weight is 266 g/mol. The van der Waals surface area contributed by atoms with Gasteiger partial charge in [0.2, 0.25) is 5.43 Å². The molecule has 0 aliphatic rings. The molecule has 0 spiro atoms. The van der Waals surface area contributed by atoms with Gasteiger partial charge in [-0.25, -0.2) is 0 Å². The summed E-state index contributed by atoms with van der Waals surface area (Å²) in [6.07, 6.45) is 1.45. The van der Waals surface area contributed by atoms with Crippen molar-refractivity contribution >= 4 is 11.0 Å². The van der Waals surface area contributed by atoms with Crippen molar-refractivity contribution in [3.05, 3.63) is 64.0 Å². The second-order valence-corrected chi connectivity index (χ2v) is 4.98. The van der Waals surface area contributed by atoms with Crippen LogP contribution >= 0.6 is 0 Å². The highest BCUT2D eigenvalue weighted by Crippen LogP contribution is 2.25. The van der Waals surface area contributed by atoms with Crippen molar-refractivity contribution in [3.8, 4) is 16.9 Å². The van der Waals surface area contributed by atoms with Crippen LogP contribution in [0.25, 0.3) is 22.1 Å². The summed E-state index contributed by atoms with van der Waals surface area (Å²) in [6.45, 7) is 3.76. The molecule has 0 saturated heterocycles. The fourth-order valence-electron chi connectivity index (χ4n) is 2.21. The summed E-state index contributed by atoms with van der Waals surface area (Å²) < 4.78 is 5.48. The van der Waals surface area contributed by atoms with Gasteiger partial charge in [-0.1, -0.05) is 29.8 Å². The zero-order valence-electron chi connectivity index (χ0n) is 11.3. The van der Waals surface area contributed by atoms with Crippen LogP contribution in [0.3, 0.4) is 0 Å². The molecule has 0 atom stereocenters. The third-order valence-electron chi connectivity index (χ3n) is 3.45. The van der Waals surface area contributed by atoms with E-state index in [9.17, 15) is 9.90 Å². The van der Waals surface area contributed by atoms with Crippen molar-refractivity contribution in [2.75, 3.05) is 0 Å². The molecule has 0 amide bonds. The minimum Gasteiger partial charge on any atom is -0.508 e. The van der Waals surface area contributed by atoms with Crippen LogP contribution in [0.1, 0.15) is 11.1 Å². The molecule has 0 fully saturated rings. The molecular formula is C17H14O3. The van der Waals surface area contributed by atoms with Crippen LogP contribution in [0.5, 0.6) is 5.75 Å². The van der Waals surface area contributed by atoms with Gasteiger partial charge in [-0.05, 0) is 31.0 Å². The molecular weight excluding hydrogens is 252 g/mol. The summed E-state index contributed by atoms with van der Waals surface area (Å²) in [6, 6.07) is 10.9. The van der Waals surface area contributed by atoms with E-state index in [1.165, 1.54) is 12.3 Å². The Morgan fingerprint density at radius 1 is 1.05 bits per heavy atom. The van der Waals surface area contributed by atoms with E-state index in [-0.39, 0.29) is 11.2 Å². The molecule has 3 rings (SSSR count). The first-order valence-corrected chi connectivity index (χ1v) is 6.38. The molecule has 0 saturated carbocycles. The maximum absolute atomic E-state index is 12.5. The minimum atomic E-state index is -0.0850. The van der Waals surface area contributed by atoms with E-state index in [1.807, 2.05) is 31.2 Å². The number of phenols is 1. The van der Waals surface area contributed by atoms with Crippen molar-refractivity contribution in [1.82, 2.24) is 0 Å². The zero-order valence-corrected chi connectivity index (χ0v) is 11.3. The summed E-state index contributed by atoms with van der Waals surface area (Å²) in [5, 5.41) is 10.1. The maximum Gasteiger partial charge on any atom is 0.200 e. The fourth-order valence-corrected chi connectivity index (χ4v) is 2.21. The second kappa shape index (κ2) is 4.53. The second-order valence-electron chi connectivity index (χ2n) is 4.98. The lowest BCUT2D eigenvalue weighted by atomic mass is 10.0. The molecule has 0 unspecified atom stereocenters. The van der Waals surface area contributed by atoms with Gasteiger partial charge >= 0.3 is 0 Å². The number of rotatable bonds is 1. The van der Waals surface area contributed by atoms with Crippen molar-refractivity contribution in [1.29, 1.82) is 0 Å². The number of hydrogen-bond acceptors (Lipinski definition) is 3. The predicted molar refractivity (Wildman–Crippen MR) is 79.1 cm³/mol. The van der Waals surface area contributed by atoms with Crippen molar-refractivity contribution in [3.63, 3.8) is 0 Å². The van der Waals surface area contributed by atoms with Gasteiger partial charge in [0.1, 0.15) is 17.6 Å². The summed E-state index contributed by atoms with van der Waals surface area (Å²) >= 11 is 0. The lowest BCUT2D eigenvalue weighted by molar-refractivity contribution is 0.470. The molecule has 3 heteroatoms. The van der Waals surface area contributed by atoms with Gasteiger partial charge < -0.3 is 9.52 Å². The Bertz CT molecular complexity index is 842. The summed E-state index contributed by atoms with van der Waals surface area (Å²) in [4.78, 5) is 12.5. The quantitative estimate of drug-likeness (QED) is 0.729. The highest BCUT2D eigenvalue weighted by Gasteiger charge is 2.10. The standard InChI is InChI=1S/C17H14O3/c1-10-3-5-12(6-4-10)14-9-20-16-8-15(18)11(2)7-13(16)17(14)19/h3-9,18H,1-2H3. The molecule has 20 heavy (non-hydrogen) atoms. The molecule has 100 valence electrons. The van der Waals surface area contributed by atoms with Gasteiger partial charge in [0, 0.05) is 6.07 Å². The highest BCUT2D eigenvalue weighted by atomic mass is 16.3. The molecule has 0 aliphatic carbocycles. The number of hydrogen-bond donors (Lipinski definition) is 1. The number of fused-ring (bicyclic) bond motifs is 1. The van der Waals surface area contributed by atoms with Crippen LogP contribution in [-0.2, 0) is 0 Å². The Morgan fingerprint density at radius 2 is 1.75 bits per heavy atom. The van der Waals surface area contributed by atoms with E-state index < -0.39 is 0 Å². The van der Waals surface area contributed by atoms with E-state index >= 15 is 0 Å². The predicted octanol–water partition coefficient (Wildman–Crippen LogP) is 3.78. The van der Waals surface area contributed by atoms with Crippen LogP contribution < -0.4 is 5.43 Å². The number of aromatic hydroxyl groups is 1. The summed E-state index contributed by atoms with van der Waals surface area (Å²) in [5.41, 5.74) is 3.47. The normalized spacial score (nSPS) is 10.9. The fraction of sp³-hybridized carbons (Fsp3) is 0.118. The average Bonchev–Trinajstić information content (AvgIpc) is 2.43. The monoisotopic (exact) mass is 266 g/mol. The Kier molecular flexibility index (Phi) is 2.83. The van der Waals surface area contributed by atoms with Crippen LogP contribution in [0.15, 0.2) is 51.9 Å². The number of aryl methyl sites for hydroxylation is 2. The van der Waals surface area contributed by atoms with E-state index in [0.717, 1.165) is 11.1 Å². The first-order chi connectivity index (χ1) is 9.56. The Morgan fingerprint density at radius 3 is 2.45 bits per heavy atom. The molecule has 0 aliphatic heterocycles. The third-order valence-corrected chi connectivity index (χ3v) is 3.45. The number of benzene rings is 2. The van der Waals surface area contributed by atoms with Gasteiger partial charge in [0.05, 0.1) is 10.9 Å². The maximum atomic E-state index is 12.5. The first-order valence-electron chi connectivity index (χ1n) is 6.38. The highest BCUT2D eigenvalue weighted by molar-refractivity contribution is 5.83. The smallest absolute Gasteiger partial charge is 0.200 e. The molecule has 0 radical (unpaired) electrons. The molecule has 3 aromatic rings. The molecule has 2 aromatic carbocycles. The molecule has 3 nitrogen and oxygen atoms in total. The van der Waals surface area contributed by atoms with Crippen LogP contribution in [0, 0.1) is 13.8 Å². The van der Waals surface area contributed by atoms with E-state index in [4.69, 9.17) is 4.42 Å². The van der Waals surface area contributed by atoms with Crippen LogP contribution in [0.2, 0.25) is 0 Å². The molecule has 0 bridgehead atoms. The minimum absolute atomic E-state index is 0.0850. The Hall–Kier alpha value is -2.55. The van der Waals surface area contributed by atoms with Gasteiger partial charge in [-0.3, -0.25) is 4.79 Å². The molecule has 1 aromatic heterocycles. The Labute approximate surface area is 116 Å². The van der Waals surface area contributed by atoms with Gasteiger partial charge in [-0.15, -0.1) is 0 Å². The van der Waals surface area contributed by atoms with Gasteiger partial charge in [0.25, 0.3) is 0 Å². The van der Waals surface area contributed by atoms with Crippen LogP contribution in [-0.4, -0.2) is 5.11 Å². The first kappa shape index (κ1) is 12.5. The van der Waals surface area contributed by atoms with Crippen molar-refractivity contribution in [2.45, 2.75) is 13.8 Å². The summed E-state index contributed by atoms with van der Waals surface area (Å²) in [5.74, 6) is 0.128. The van der Waals surface area contributed by atoms with Crippen molar-refractivity contribution in [2.24, 2.45) is 0 Å². The Balaban J connectivity index is 2.28. The van der Waals surface area contributed by atoms with Crippen LogP contribution in [0.4, 0.5) is 0 Å². The lowest BCUT2D eigenvalue weighted by Crippen LogP contribution is -2.05. The van der Waals surface area contributed by atoms with E-state index in [1.54, 1.807) is 13.0 Å². The molecule has 1 N–H and O–H groups in total.